The maximum absolute atomic E-state index is 9.91. The van der Waals surface area contributed by atoms with Crippen molar-refractivity contribution in [3.05, 3.63) is 65.2 Å². The fraction of sp³-hybridized carbons (Fsp3) is 0.133. The first kappa shape index (κ1) is 10.1. The number of hydrogen-bond acceptors (Lipinski definition) is 2. The van der Waals surface area contributed by atoms with Crippen LogP contribution in [0.3, 0.4) is 0 Å². The molecular formula is C15H13NO. The van der Waals surface area contributed by atoms with E-state index in [-0.39, 0.29) is 0 Å². The number of hydrogen-bond donors (Lipinski definition) is 1. The predicted molar refractivity (Wildman–Crippen MR) is 68.8 cm³/mol. The van der Waals surface area contributed by atoms with Gasteiger partial charge in [-0.1, -0.05) is 36.4 Å². The third kappa shape index (κ3) is 1.72. The first-order chi connectivity index (χ1) is 8.36. The van der Waals surface area contributed by atoms with E-state index < -0.39 is 0 Å². The molecule has 0 spiro atoms. The van der Waals surface area contributed by atoms with Gasteiger partial charge >= 0.3 is 0 Å². The summed E-state index contributed by atoms with van der Waals surface area (Å²) in [7, 11) is 0. The molecular weight excluding hydrogens is 210 g/mol. The zero-order valence-electron chi connectivity index (χ0n) is 9.43. The Morgan fingerprint density at radius 3 is 2.41 bits per heavy atom. The van der Waals surface area contributed by atoms with Crippen LogP contribution < -0.4 is 0 Å². The average Bonchev–Trinajstić information content (AvgIpc) is 2.39. The molecule has 0 atom stereocenters. The van der Waals surface area contributed by atoms with Crippen LogP contribution in [0.1, 0.15) is 16.7 Å². The molecule has 1 aliphatic heterocycles. The maximum Gasteiger partial charge on any atom is 0.124 e. The van der Waals surface area contributed by atoms with Crippen LogP contribution in [0.4, 0.5) is 0 Å². The molecule has 1 N–H and O–H groups in total. The van der Waals surface area contributed by atoms with Gasteiger partial charge in [0, 0.05) is 17.7 Å². The summed E-state index contributed by atoms with van der Waals surface area (Å²) in [5, 5.41) is 9.91. The molecule has 2 heteroatoms. The number of nitrogens with zero attached hydrogens (tertiary/aromatic N) is 1. The summed E-state index contributed by atoms with van der Waals surface area (Å²) >= 11 is 0. The Hall–Kier alpha value is -2.09. The molecule has 2 aromatic rings. The predicted octanol–water partition coefficient (Wildman–Crippen LogP) is 2.79. The van der Waals surface area contributed by atoms with Gasteiger partial charge in [-0.25, -0.2) is 0 Å². The molecule has 0 bridgehead atoms. The van der Waals surface area contributed by atoms with Gasteiger partial charge in [-0.05, 0) is 24.1 Å². The second-order valence-corrected chi connectivity index (χ2v) is 4.15. The van der Waals surface area contributed by atoms with Gasteiger partial charge in [0.05, 0.1) is 5.71 Å². The van der Waals surface area contributed by atoms with Crippen molar-refractivity contribution in [3.8, 4) is 5.75 Å². The van der Waals surface area contributed by atoms with Crippen molar-refractivity contribution in [3.63, 3.8) is 0 Å². The number of aliphatic imine (C=N–C) groups is 1. The Balaban J connectivity index is 2.17. The quantitative estimate of drug-likeness (QED) is 0.792. The van der Waals surface area contributed by atoms with E-state index >= 15 is 0 Å². The Morgan fingerprint density at radius 2 is 1.59 bits per heavy atom. The van der Waals surface area contributed by atoms with Crippen molar-refractivity contribution in [2.75, 3.05) is 6.54 Å². The Bertz CT molecular complexity index is 587. The van der Waals surface area contributed by atoms with E-state index in [1.54, 1.807) is 6.07 Å². The number of phenolic OH excluding ortho intramolecular Hbond substituents is 1. The zero-order valence-corrected chi connectivity index (χ0v) is 9.43. The van der Waals surface area contributed by atoms with Crippen LogP contribution in [0.15, 0.2) is 53.5 Å². The maximum atomic E-state index is 9.91. The third-order valence-corrected chi connectivity index (χ3v) is 3.08. The fourth-order valence-corrected chi connectivity index (χ4v) is 2.25. The molecule has 0 saturated heterocycles. The number of benzene rings is 2. The van der Waals surface area contributed by atoms with Gasteiger partial charge in [0.2, 0.25) is 0 Å². The van der Waals surface area contributed by atoms with Crippen LogP contribution in [0.2, 0.25) is 0 Å². The number of rotatable bonds is 1. The van der Waals surface area contributed by atoms with Crippen LogP contribution in [0.5, 0.6) is 5.75 Å². The van der Waals surface area contributed by atoms with E-state index in [4.69, 9.17) is 0 Å². The molecule has 0 amide bonds. The molecule has 2 nitrogen and oxygen atoms in total. The van der Waals surface area contributed by atoms with Gasteiger partial charge in [-0.15, -0.1) is 0 Å². The zero-order chi connectivity index (χ0) is 11.7. The summed E-state index contributed by atoms with van der Waals surface area (Å²) in [6.07, 6.45) is 0.979. The van der Waals surface area contributed by atoms with E-state index in [1.807, 2.05) is 30.3 Å². The number of aromatic hydroxyl groups is 1. The van der Waals surface area contributed by atoms with Gasteiger partial charge in [-0.2, -0.15) is 0 Å². The van der Waals surface area contributed by atoms with Gasteiger partial charge < -0.3 is 5.11 Å². The van der Waals surface area contributed by atoms with Crippen molar-refractivity contribution in [1.29, 1.82) is 0 Å². The lowest BCUT2D eigenvalue weighted by Gasteiger charge is -2.17. The van der Waals surface area contributed by atoms with E-state index in [0.29, 0.717) is 5.75 Å². The second kappa shape index (κ2) is 4.06. The first-order valence-electron chi connectivity index (χ1n) is 5.77. The highest BCUT2D eigenvalue weighted by Crippen LogP contribution is 2.25. The van der Waals surface area contributed by atoms with Crippen LogP contribution in [-0.4, -0.2) is 17.4 Å². The first-order valence-corrected chi connectivity index (χ1v) is 5.77. The minimum atomic E-state index is 0.294. The van der Waals surface area contributed by atoms with Gasteiger partial charge in [0.1, 0.15) is 5.75 Å². The van der Waals surface area contributed by atoms with Crippen LogP contribution in [-0.2, 0) is 6.42 Å². The van der Waals surface area contributed by atoms with Crippen LogP contribution in [0, 0.1) is 0 Å². The molecule has 0 radical (unpaired) electrons. The van der Waals surface area contributed by atoms with Gasteiger partial charge in [0.25, 0.3) is 0 Å². The monoisotopic (exact) mass is 223 g/mol. The highest BCUT2D eigenvalue weighted by molar-refractivity contribution is 6.15. The van der Waals surface area contributed by atoms with Crippen molar-refractivity contribution in [2.24, 2.45) is 4.99 Å². The number of phenols is 1. The fourth-order valence-electron chi connectivity index (χ4n) is 2.25. The Morgan fingerprint density at radius 1 is 0.882 bits per heavy atom. The Kier molecular flexibility index (Phi) is 2.41. The van der Waals surface area contributed by atoms with E-state index in [2.05, 4.69) is 17.1 Å². The van der Waals surface area contributed by atoms with Crippen molar-refractivity contribution < 1.29 is 5.11 Å². The molecule has 1 heterocycles. The van der Waals surface area contributed by atoms with Crippen molar-refractivity contribution in [1.82, 2.24) is 0 Å². The van der Waals surface area contributed by atoms with Gasteiger partial charge in [-0.3, -0.25) is 4.99 Å². The number of fused-ring (bicyclic) bond motifs is 1. The molecule has 0 fully saturated rings. The summed E-state index contributed by atoms with van der Waals surface area (Å²) in [4.78, 5) is 4.56. The normalized spacial score (nSPS) is 14.0. The summed E-state index contributed by atoms with van der Waals surface area (Å²) < 4.78 is 0. The standard InChI is InChI=1S/C15H13NO/c17-14-8-4-3-7-13(14)15-12-6-2-1-5-11(12)9-10-16-15/h1-8,17H,9-10H2. The summed E-state index contributed by atoms with van der Waals surface area (Å²) in [6, 6.07) is 15.6. The molecule has 2 aromatic carbocycles. The molecule has 0 aliphatic carbocycles. The average molecular weight is 223 g/mol. The lowest BCUT2D eigenvalue weighted by Crippen LogP contribution is -2.13. The topological polar surface area (TPSA) is 32.6 Å². The SMILES string of the molecule is Oc1ccccc1C1=NCCc2ccccc21. The van der Waals surface area contributed by atoms with Crippen molar-refractivity contribution in [2.45, 2.75) is 6.42 Å². The second-order valence-electron chi connectivity index (χ2n) is 4.15. The molecule has 3 rings (SSSR count). The van der Waals surface area contributed by atoms with Crippen molar-refractivity contribution >= 4 is 5.71 Å². The summed E-state index contributed by atoms with van der Waals surface area (Å²) in [6.45, 7) is 0.792. The Labute approximate surface area is 100 Å². The molecule has 0 aromatic heterocycles. The summed E-state index contributed by atoms with van der Waals surface area (Å²) in [5.74, 6) is 0.294. The van der Waals surface area contributed by atoms with Gasteiger partial charge in [0.15, 0.2) is 0 Å². The highest BCUT2D eigenvalue weighted by atomic mass is 16.3. The lowest BCUT2D eigenvalue weighted by atomic mass is 9.93. The smallest absolute Gasteiger partial charge is 0.124 e. The minimum Gasteiger partial charge on any atom is -0.507 e. The lowest BCUT2D eigenvalue weighted by molar-refractivity contribution is 0.474. The molecule has 0 saturated carbocycles. The summed E-state index contributed by atoms with van der Waals surface area (Å²) in [5.41, 5.74) is 4.17. The van der Waals surface area contributed by atoms with E-state index in [0.717, 1.165) is 29.8 Å². The van der Waals surface area contributed by atoms with E-state index in [1.165, 1.54) is 5.56 Å². The largest absolute Gasteiger partial charge is 0.507 e. The van der Waals surface area contributed by atoms with E-state index in [9.17, 15) is 5.11 Å². The molecule has 1 aliphatic rings. The number of para-hydroxylation sites is 1. The molecule has 17 heavy (non-hydrogen) atoms. The molecule has 0 unspecified atom stereocenters. The highest BCUT2D eigenvalue weighted by Gasteiger charge is 2.16. The van der Waals surface area contributed by atoms with Crippen LogP contribution in [0.25, 0.3) is 0 Å². The third-order valence-electron chi connectivity index (χ3n) is 3.08. The molecule has 84 valence electrons. The minimum absolute atomic E-state index is 0.294. The van der Waals surface area contributed by atoms with Crippen LogP contribution >= 0.6 is 0 Å².